The third kappa shape index (κ3) is 2.97. The molecule has 1 fully saturated rings. The van der Waals surface area contributed by atoms with E-state index in [1.165, 1.54) is 10.6 Å². The van der Waals surface area contributed by atoms with Crippen molar-refractivity contribution in [2.75, 3.05) is 5.32 Å². The van der Waals surface area contributed by atoms with Crippen molar-refractivity contribution < 1.29 is 9.18 Å². The predicted molar refractivity (Wildman–Crippen MR) is 99.1 cm³/mol. The number of fused-ring (bicyclic) bond motifs is 1. The van der Waals surface area contributed by atoms with Crippen LogP contribution >= 0.6 is 11.6 Å². The van der Waals surface area contributed by atoms with Gasteiger partial charge in [-0.15, -0.1) is 0 Å². The highest BCUT2D eigenvalue weighted by Crippen LogP contribution is 2.35. The number of carbonyl (C=O) groups is 1. The molecule has 1 saturated carbocycles. The standard InChI is InChI=1S/C19H15ClFN3O2/c1-24-16(3-2-4-18(24)25)11-5-10-7-17(22-9-13(10)14(20)6-11)23-19(26)12-8-15(12)21/h2-7,9,12,15H,8H2,1H3,(H,22,23,26)/t12-,15+/m1/s1. The Morgan fingerprint density at radius 3 is 2.85 bits per heavy atom. The second-order valence-electron chi connectivity index (χ2n) is 6.40. The Morgan fingerprint density at radius 2 is 2.12 bits per heavy atom. The number of hydrogen-bond donors (Lipinski definition) is 1. The fourth-order valence-corrected chi connectivity index (χ4v) is 3.21. The molecule has 2 heterocycles. The summed E-state index contributed by atoms with van der Waals surface area (Å²) in [6.45, 7) is 0. The van der Waals surface area contributed by atoms with E-state index in [-0.39, 0.29) is 17.9 Å². The number of anilines is 1. The van der Waals surface area contributed by atoms with Crippen molar-refractivity contribution in [1.82, 2.24) is 9.55 Å². The molecule has 26 heavy (non-hydrogen) atoms. The van der Waals surface area contributed by atoms with Crippen molar-refractivity contribution in [3.8, 4) is 11.3 Å². The zero-order valence-electron chi connectivity index (χ0n) is 13.9. The molecule has 0 spiro atoms. The van der Waals surface area contributed by atoms with E-state index in [2.05, 4.69) is 10.3 Å². The van der Waals surface area contributed by atoms with Crippen molar-refractivity contribution in [1.29, 1.82) is 0 Å². The lowest BCUT2D eigenvalue weighted by molar-refractivity contribution is -0.117. The zero-order chi connectivity index (χ0) is 18.4. The van der Waals surface area contributed by atoms with Gasteiger partial charge in [0, 0.05) is 30.3 Å². The van der Waals surface area contributed by atoms with Crippen LogP contribution in [0.2, 0.25) is 5.02 Å². The van der Waals surface area contributed by atoms with Gasteiger partial charge in [0.05, 0.1) is 16.6 Å². The summed E-state index contributed by atoms with van der Waals surface area (Å²) in [7, 11) is 1.69. The summed E-state index contributed by atoms with van der Waals surface area (Å²) in [5.41, 5.74) is 1.38. The number of rotatable bonds is 3. The number of alkyl halides is 1. The summed E-state index contributed by atoms with van der Waals surface area (Å²) >= 11 is 6.38. The first-order chi connectivity index (χ1) is 12.4. The van der Waals surface area contributed by atoms with Crippen LogP contribution in [0.4, 0.5) is 10.2 Å². The Bertz CT molecular complexity index is 1100. The van der Waals surface area contributed by atoms with Gasteiger partial charge in [-0.2, -0.15) is 0 Å². The van der Waals surface area contributed by atoms with Gasteiger partial charge in [0.25, 0.3) is 5.56 Å². The zero-order valence-corrected chi connectivity index (χ0v) is 14.6. The largest absolute Gasteiger partial charge is 0.311 e. The van der Waals surface area contributed by atoms with Crippen LogP contribution in [0, 0.1) is 5.92 Å². The van der Waals surface area contributed by atoms with Crippen LogP contribution in [-0.4, -0.2) is 21.6 Å². The molecular formula is C19H15ClFN3O2. The molecule has 0 aliphatic heterocycles. The summed E-state index contributed by atoms with van der Waals surface area (Å²) in [6.07, 6.45) is 0.772. The van der Waals surface area contributed by atoms with Crippen LogP contribution < -0.4 is 10.9 Å². The molecule has 1 aliphatic carbocycles. The highest BCUT2D eigenvalue weighted by atomic mass is 35.5. The summed E-state index contributed by atoms with van der Waals surface area (Å²) < 4.78 is 14.6. The molecule has 5 nitrogen and oxygen atoms in total. The molecule has 1 aromatic carbocycles. The average Bonchev–Trinajstić information content (AvgIpc) is 3.34. The molecule has 0 unspecified atom stereocenters. The van der Waals surface area contributed by atoms with E-state index in [9.17, 15) is 14.0 Å². The van der Waals surface area contributed by atoms with Crippen molar-refractivity contribution >= 4 is 34.1 Å². The predicted octanol–water partition coefficient (Wildman–Crippen LogP) is 3.55. The van der Waals surface area contributed by atoms with Crippen molar-refractivity contribution in [2.45, 2.75) is 12.6 Å². The third-order valence-corrected chi connectivity index (χ3v) is 4.88. The summed E-state index contributed by atoms with van der Waals surface area (Å²) in [4.78, 5) is 28.0. The molecule has 7 heteroatoms. The maximum absolute atomic E-state index is 13.0. The normalized spacial score (nSPS) is 18.7. The number of benzene rings is 1. The number of amides is 1. The van der Waals surface area contributed by atoms with E-state index in [1.807, 2.05) is 12.1 Å². The third-order valence-electron chi connectivity index (χ3n) is 4.57. The SMILES string of the molecule is Cn1c(-c2cc(Cl)c3cnc(NC(=O)[C@@H]4C[C@@H]4F)cc3c2)cccc1=O. The summed E-state index contributed by atoms with van der Waals surface area (Å²) in [5, 5.41) is 4.62. The number of carbonyl (C=O) groups excluding carboxylic acids is 1. The number of nitrogens with zero attached hydrogens (tertiary/aromatic N) is 2. The number of hydrogen-bond acceptors (Lipinski definition) is 3. The van der Waals surface area contributed by atoms with E-state index >= 15 is 0 Å². The van der Waals surface area contributed by atoms with Gasteiger partial charge in [0.2, 0.25) is 5.91 Å². The highest BCUT2D eigenvalue weighted by molar-refractivity contribution is 6.36. The number of nitrogens with one attached hydrogen (secondary N) is 1. The molecule has 2 aromatic heterocycles. The quantitative estimate of drug-likeness (QED) is 0.765. The van der Waals surface area contributed by atoms with Gasteiger partial charge in [-0.3, -0.25) is 9.59 Å². The van der Waals surface area contributed by atoms with Gasteiger partial charge in [-0.1, -0.05) is 17.7 Å². The minimum Gasteiger partial charge on any atom is -0.311 e. The number of aromatic nitrogens is 2. The van der Waals surface area contributed by atoms with Crippen LogP contribution in [-0.2, 0) is 11.8 Å². The molecule has 132 valence electrons. The van der Waals surface area contributed by atoms with Gasteiger partial charge in [-0.05, 0) is 36.1 Å². The molecule has 1 aliphatic rings. The Labute approximate surface area is 153 Å². The Kier molecular flexibility index (Phi) is 4.00. The second kappa shape index (κ2) is 6.21. The van der Waals surface area contributed by atoms with Gasteiger partial charge >= 0.3 is 0 Å². The van der Waals surface area contributed by atoms with Crippen LogP contribution in [0.1, 0.15) is 6.42 Å². The second-order valence-corrected chi connectivity index (χ2v) is 6.81. The van der Waals surface area contributed by atoms with Crippen molar-refractivity contribution in [3.63, 3.8) is 0 Å². The monoisotopic (exact) mass is 371 g/mol. The van der Waals surface area contributed by atoms with Crippen LogP contribution in [0.15, 0.2) is 47.4 Å². The highest BCUT2D eigenvalue weighted by Gasteiger charge is 2.43. The lowest BCUT2D eigenvalue weighted by atomic mass is 10.1. The maximum Gasteiger partial charge on any atom is 0.250 e. The smallest absolute Gasteiger partial charge is 0.250 e. The van der Waals surface area contributed by atoms with Crippen molar-refractivity contribution in [3.05, 3.63) is 58.0 Å². The molecule has 3 aromatic rings. The molecule has 0 saturated heterocycles. The summed E-state index contributed by atoms with van der Waals surface area (Å²) in [5.74, 6) is -0.602. The van der Waals surface area contributed by atoms with Gasteiger partial charge < -0.3 is 9.88 Å². The number of halogens is 2. The van der Waals surface area contributed by atoms with Crippen LogP contribution in [0.25, 0.3) is 22.0 Å². The minimum atomic E-state index is -1.06. The van der Waals surface area contributed by atoms with Crippen molar-refractivity contribution in [2.24, 2.45) is 13.0 Å². The van der Waals surface area contributed by atoms with E-state index in [0.29, 0.717) is 10.8 Å². The maximum atomic E-state index is 13.0. The first-order valence-electron chi connectivity index (χ1n) is 8.14. The minimum absolute atomic E-state index is 0.119. The average molecular weight is 372 g/mol. The van der Waals surface area contributed by atoms with Gasteiger partial charge in [0.15, 0.2) is 0 Å². The van der Waals surface area contributed by atoms with Crippen LogP contribution in [0.5, 0.6) is 0 Å². The first kappa shape index (κ1) is 16.7. The van der Waals surface area contributed by atoms with Gasteiger partial charge in [0.1, 0.15) is 12.0 Å². The van der Waals surface area contributed by atoms with E-state index < -0.39 is 12.1 Å². The lowest BCUT2D eigenvalue weighted by Gasteiger charge is -2.11. The van der Waals surface area contributed by atoms with E-state index in [4.69, 9.17) is 11.6 Å². The van der Waals surface area contributed by atoms with Crippen LogP contribution in [0.3, 0.4) is 0 Å². The molecule has 0 radical (unpaired) electrons. The molecule has 0 bridgehead atoms. The van der Waals surface area contributed by atoms with E-state index in [0.717, 1.165) is 22.0 Å². The molecule has 1 amide bonds. The Morgan fingerprint density at radius 1 is 1.35 bits per heavy atom. The molecule has 4 rings (SSSR count). The molecule has 2 atom stereocenters. The van der Waals surface area contributed by atoms with E-state index in [1.54, 1.807) is 31.4 Å². The fraction of sp³-hybridized carbons (Fsp3) is 0.211. The lowest BCUT2D eigenvalue weighted by Crippen LogP contribution is -2.16. The molecular weight excluding hydrogens is 357 g/mol. The fourth-order valence-electron chi connectivity index (χ4n) is 2.94. The topological polar surface area (TPSA) is 64.0 Å². The van der Waals surface area contributed by atoms with Gasteiger partial charge in [-0.25, -0.2) is 9.37 Å². The molecule has 1 N–H and O–H groups in total. The Balaban J connectivity index is 1.76. The summed E-state index contributed by atoms with van der Waals surface area (Å²) in [6, 6.07) is 10.4. The Hall–Kier alpha value is -2.73. The number of pyridine rings is 2. The first-order valence-corrected chi connectivity index (χ1v) is 8.52.